The van der Waals surface area contributed by atoms with Crippen molar-refractivity contribution in [3.63, 3.8) is 0 Å². The van der Waals surface area contributed by atoms with Crippen molar-refractivity contribution >= 4 is 27.0 Å². The van der Waals surface area contributed by atoms with Gasteiger partial charge in [-0.25, -0.2) is 8.42 Å². The summed E-state index contributed by atoms with van der Waals surface area (Å²) in [5, 5.41) is 10.4. The fraction of sp³-hybridized carbons (Fsp3) is 0.200. The maximum atomic E-state index is 12.2. The van der Waals surface area contributed by atoms with E-state index in [4.69, 9.17) is 5.11 Å². The molecule has 1 heterocycles. The highest BCUT2D eigenvalue weighted by molar-refractivity contribution is 7.94. The molecule has 0 amide bonds. The van der Waals surface area contributed by atoms with E-state index in [0.29, 0.717) is 12.1 Å². The van der Waals surface area contributed by atoms with Crippen LogP contribution in [0.25, 0.3) is 0 Å². The first kappa shape index (κ1) is 15.6. The first-order chi connectivity index (χ1) is 10.0. The second-order valence-corrected chi connectivity index (χ2v) is 7.20. The molecule has 0 fully saturated rings. The Labute approximate surface area is 128 Å². The molecule has 1 aromatic heterocycles. The summed E-state index contributed by atoms with van der Waals surface area (Å²) in [5.74, 6) is 5.75. The summed E-state index contributed by atoms with van der Waals surface area (Å²) in [6.07, 6.45) is 0.422. The molecule has 0 bridgehead atoms. The van der Waals surface area contributed by atoms with Crippen molar-refractivity contribution in [1.29, 1.82) is 0 Å². The SMILES string of the molecule is Cc1cc(C#CCCO)ccc1NS(=O)(=O)c1cccs1. The zero-order valence-corrected chi connectivity index (χ0v) is 13.1. The van der Waals surface area contributed by atoms with Crippen LogP contribution in [-0.2, 0) is 10.0 Å². The summed E-state index contributed by atoms with van der Waals surface area (Å²) in [7, 11) is -3.53. The first-order valence-electron chi connectivity index (χ1n) is 6.29. The van der Waals surface area contributed by atoms with E-state index in [-0.39, 0.29) is 10.8 Å². The largest absolute Gasteiger partial charge is 0.395 e. The summed E-state index contributed by atoms with van der Waals surface area (Å²) in [4.78, 5) is 0. The fourth-order valence-electron chi connectivity index (χ4n) is 1.69. The monoisotopic (exact) mass is 321 g/mol. The minimum atomic E-state index is -3.53. The number of benzene rings is 1. The van der Waals surface area contributed by atoms with E-state index >= 15 is 0 Å². The van der Waals surface area contributed by atoms with Crippen molar-refractivity contribution in [3.05, 3.63) is 46.8 Å². The van der Waals surface area contributed by atoms with E-state index in [1.54, 1.807) is 29.6 Å². The average molecular weight is 321 g/mol. The van der Waals surface area contributed by atoms with Gasteiger partial charge >= 0.3 is 0 Å². The lowest BCUT2D eigenvalue weighted by molar-refractivity contribution is 0.305. The normalized spacial score (nSPS) is 10.8. The lowest BCUT2D eigenvalue weighted by atomic mass is 10.1. The molecule has 110 valence electrons. The molecule has 1 aromatic carbocycles. The number of aliphatic hydroxyl groups excluding tert-OH is 1. The second kappa shape index (κ2) is 6.76. The molecule has 0 saturated carbocycles. The van der Waals surface area contributed by atoms with E-state index in [0.717, 1.165) is 11.1 Å². The van der Waals surface area contributed by atoms with Crippen LogP contribution in [-0.4, -0.2) is 20.1 Å². The van der Waals surface area contributed by atoms with Gasteiger partial charge in [-0.05, 0) is 42.1 Å². The number of thiophene rings is 1. The first-order valence-corrected chi connectivity index (χ1v) is 8.66. The highest BCUT2D eigenvalue weighted by atomic mass is 32.2. The van der Waals surface area contributed by atoms with E-state index < -0.39 is 10.0 Å². The molecule has 0 aliphatic rings. The molecule has 0 saturated heterocycles. The maximum Gasteiger partial charge on any atom is 0.271 e. The summed E-state index contributed by atoms with van der Waals surface area (Å²) in [6, 6.07) is 8.53. The third-order valence-electron chi connectivity index (χ3n) is 2.70. The van der Waals surface area contributed by atoms with E-state index in [1.165, 1.54) is 11.3 Å². The Balaban J connectivity index is 2.21. The van der Waals surface area contributed by atoms with Gasteiger partial charge in [0.2, 0.25) is 0 Å². The van der Waals surface area contributed by atoms with Gasteiger partial charge in [0.1, 0.15) is 4.21 Å². The van der Waals surface area contributed by atoms with Gasteiger partial charge in [0.25, 0.3) is 10.0 Å². The van der Waals surface area contributed by atoms with Crippen LogP contribution in [0.3, 0.4) is 0 Å². The molecule has 4 nitrogen and oxygen atoms in total. The summed E-state index contributed by atoms with van der Waals surface area (Å²) in [6.45, 7) is 1.86. The predicted molar refractivity (Wildman–Crippen MR) is 84.9 cm³/mol. The number of rotatable bonds is 4. The van der Waals surface area contributed by atoms with E-state index in [2.05, 4.69) is 16.6 Å². The highest BCUT2D eigenvalue weighted by Crippen LogP contribution is 2.23. The van der Waals surface area contributed by atoms with Crippen molar-refractivity contribution in [2.75, 3.05) is 11.3 Å². The number of hydrogen-bond acceptors (Lipinski definition) is 4. The third kappa shape index (κ3) is 4.08. The van der Waals surface area contributed by atoms with Crippen molar-refractivity contribution < 1.29 is 13.5 Å². The molecule has 0 spiro atoms. The summed E-state index contributed by atoms with van der Waals surface area (Å²) < 4.78 is 27.2. The van der Waals surface area contributed by atoms with E-state index in [9.17, 15) is 8.42 Å². The molecular weight excluding hydrogens is 306 g/mol. The van der Waals surface area contributed by atoms with Gasteiger partial charge in [0.05, 0.1) is 12.3 Å². The summed E-state index contributed by atoms with van der Waals surface area (Å²) in [5.41, 5.74) is 2.13. The Kier molecular flexibility index (Phi) is 5.02. The topological polar surface area (TPSA) is 66.4 Å². The number of sulfonamides is 1. The number of anilines is 1. The minimum Gasteiger partial charge on any atom is -0.395 e. The average Bonchev–Trinajstić information content (AvgIpc) is 2.97. The molecular formula is C15H15NO3S2. The standard InChI is InChI=1S/C15H15NO3S2/c1-12-11-13(5-2-3-9-17)7-8-14(12)16-21(18,19)15-6-4-10-20-15/h4,6-8,10-11,16-17H,3,9H2,1H3. The third-order valence-corrected chi connectivity index (χ3v) is 5.46. The van der Waals surface area contributed by atoms with Crippen LogP contribution >= 0.6 is 11.3 Å². The molecule has 0 radical (unpaired) electrons. The van der Waals surface area contributed by atoms with Crippen LogP contribution in [0.4, 0.5) is 5.69 Å². The van der Waals surface area contributed by atoms with Crippen molar-refractivity contribution in [2.45, 2.75) is 17.6 Å². The Hall–Kier alpha value is -1.81. The van der Waals surface area contributed by atoms with Crippen LogP contribution in [0, 0.1) is 18.8 Å². The zero-order chi connectivity index (χ0) is 15.3. The molecule has 2 aromatic rings. The smallest absolute Gasteiger partial charge is 0.271 e. The Morgan fingerprint density at radius 1 is 1.33 bits per heavy atom. The quantitative estimate of drug-likeness (QED) is 0.851. The van der Waals surface area contributed by atoms with Crippen molar-refractivity contribution in [3.8, 4) is 11.8 Å². The Morgan fingerprint density at radius 3 is 2.76 bits per heavy atom. The lowest BCUT2D eigenvalue weighted by Gasteiger charge is -2.09. The molecule has 0 atom stereocenters. The van der Waals surface area contributed by atoms with Crippen LogP contribution in [0.2, 0.25) is 0 Å². The number of aryl methyl sites for hydroxylation is 1. The summed E-state index contributed by atoms with van der Waals surface area (Å²) >= 11 is 1.18. The molecule has 0 aliphatic carbocycles. The van der Waals surface area contributed by atoms with Gasteiger partial charge in [0, 0.05) is 12.0 Å². The Morgan fingerprint density at radius 2 is 2.14 bits per heavy atom. The second-order valence-electron chi connectivity index (χ2n) is 4.34. The van der Waals surface area contributed by atoms with Crippen LogP contribution in [0.5, 0.6) is 0 Å². The highest BCUT2D eigenvalue weighted by Gasteiger charge is 2.15. The van der Waals surface area contributed by atoms with Gasteiger partial charge in [-0.3, -0.25) is 4.72 Å². The fourth-order valence-corrected chi connectivity index (χ4v) is 3.81. The molecule has 0 unspecified atom stereocenters. The molecule has 2 N–H and O–H groups in total. The number of aliphatic hydroxyl groups is 1. The number of hydrogen-bond donors (Lipinski definition) is 2. The number of nitrogens with one attached hydrogen (secondary N) is 1. The van der Waals surface area contributed by atoms with E-state index in [1.807, 2.05) is 13.0 Å². The van der Waals surface area contributed by atoms with Crippen LogP contribution in [0.15, 0.2) is 39.9 Å². The minimum absolute atomic E-state index is 0.0324. The maximum absolute atomic E-state index is 12.2. The molecule has 21 heavy (non-hydrogen) atoms. The molecule has 2 rings (SSSR count). The van der Waals surface area contributed by atoms with Gasteiger partial charge in [0.15, 0.2) is 0 Å². The van der Waals surface area contributed by atoms with Gasteiger partial charge in [-0.2, -0.15) is 0 Å². The lowest BCUT2D eigenvalue weighted by Crippen LogP contribution is -2.12. The zero-order valence-electron chi connectivity index (χ0n) is 11.5. The van der Waals surface area contributed by atoms with Crippen LogP contribution in [0.1, 0.15) is 17.5 Å². The van der Waals surface area contributed by atoms with Crippen molar-refractivity contribution in [2.24, 2.45) is 0 Å². The molecule has 6 heteroatoms. The van der Waals surface area contributed by atoms with Crippen molar-refractivity contribution in [1.82, 2.24) is 0 Å². The molecule has 0 aliphatic heterocycles. The van der Waals surface area contributed by atoms with Gasteiger partial charge in [-0.15, -0.1) is 11.3 Å². The van der Waals surface area contributed by atoms with Gasteiger partial charge < -0.3 is 5.11 Å². The van der Waals surface area contributed by atoms with Crippen LogP contribution < -0.4 is 4.72 Å². The Bertz CT molecular complexity index is 769. The van der Waals surface area contributed by atoms with Gasteiger partial charge in [-0.1, -0.05) is 17.9 Å². The predicted octanol–water partition coefficient (Wildman–Crippen LogP) is 2.59.